The summed E-state index contributed by atoms with van der Waals surface area (Å²) in [6.07, 6.45) is 10.8. The molecule has 2 heteroatoms. The van der Waals surface area contributed by atoms with Gasteiger partial charge in [0.15, 0.2) is 0 Å². The number of rotatable bonds is 2. The van der Waals surface area contributed by atoms with Gasteiger partial charge in [0.2, 0.25) is 0 Å². The van der Waals surface area contributed by atoms with E-state index in [-0.39, 0.29) is 12.1 Å². The number of ether oxygens (including phenoxy) is 1. The molecule has 5 rings (SSSR count). The molecule has 112 valence electrons. The van der Waals surface area contributed by atoms with E-state index in [1.165, 1.54) is 44.9 Å². The number of carbonyl (C=O) groups excluding carboxylic acids is 1. The molecule has 0 radical (unpaired) electrons. The molecule has 4 aliphatic carbocycles. The molecule has 4 fully saturated rings. The van der Waals surface area contributed by atoms with Crippen LogP contribution in [-0.4, -0.2) is 12.1 Å². The van der Waals surface area contributed by atoms with Crippen molar-refractivity contribution >= 4 is 5.97 Å². The van der Waals surface area contributed by atoms with Gasteiger partial charge in [-0.2, -0.15) is 0 Å². The second kappa shape index (κ2) is 5.15. The lowest BCUT2D eigenvalue weighted by atomic mass is 9.50. The summed E-state index contributed by atoms with van der Waals surface area (Å²) in [5, 5.41) is 0. The first kappa shape index (κ1) is 13.4. The van der Waals surface area contributed by atoms with Crippen molar-refractivity contribution < 1.29 is 9.53 Å². The van der Waals surface area contributed by atoms with Gasteiger partial charge in [-0.25, -0.2) is 4.79 Å². The molecule has 0 heterocycles. The van der Waals surface area contributed by atoms with Gasteiger partial charge in [0.1, 0.15) is 6.10 Å². The van der Waals surface area contributed by atoms with Crippen LogP contribution in [0.5, 0.6) is 0 Å². The molecule has 0 unspecified atom stereocenters. The largest absolute Gasteiger partial charge is 0.458 e. The molecule has 4 aliphatic rings. The Bertz CT molecular complexity index is 520. The lowest BCUT2D eigenvalue weighted by Crippen LogP contribution is -2.51. The summed E-state index contributed by atoms with van der Waals surface area (Å²) < 4.78 is 5.92. The SMILES string of the molecule is O=C(O[C@H]1C[C@@]23CCCC[C@H]2C[C@@H]1CC3)c1ccccc1. The van der Waals surface area contributed by atoms with Crippen molar-refractivity contribution in [3.63, 3.8) is 0 Å². The van der Waals surface area contributed by atoms with E-state index in [0.717, 1.165) is 12.3 Å². The molecule has 0 N–H and O–H groups in total. The maximum atomic E-state index is 12.3. The lowest BCUT2D eigenvalue weighted by molar-refractivity contribution is -0.115. The Kier molecular flexibility index (Phi) is 3.28. The van der Waals surface area contributed by atoms with Gasteiger partial charge in [-0.3, -0.25) is 0 Å². The van der Waals surface area contributed by atoms with Crippen LogP contribution < -0.4 is 0 Å². The Hall–Kier alpha value is -1.31. The zero-order valence-electron chi connectivity index (χ0n) is 12.6. The van der Waals surface area contributed by atoms with Crippen molar-refractivity contribution in [1.82, 2.24) is 0 Å². The second-order valence-corrected chi connectivity index (χ2v) is 7.35. The van der Waals surface area contributed by atoms with Crippen LogP contribution in [0, 0.1) is 17.3 Å². The van der Waals surface area contributed by atoms with E-state index in [4.69, 9.17) is 4.74 Å². The molecule has 4 saturated carbocycles. The quantitative estimate of drug-likeness (QED) is 0.742. The molecule has 0 aliphatic heterocycles. The van der Waals surface area contributed by atoms with Crippen LogP contribution in [0.1, 0.15) is 61.7 Å². The molecule has 1 spiro atoms. The highest BCUT2D eigenvalue weighted by molar-refractivity contribution is 5.89. The fourth-order valence-corrected chi connectivity index (χ4v) is 5.22. The molecular formula is C19H24O2. The van der Waals surface area contributed by atoms with Crippen molar-refractivity contribution in [3.05, 3.63) is 35.9 Å². The molecule has 0 saturated heterocycles. The molecule has 0 aromatic heterocycles. The Balaban J connectivity index is 1.49. The van der Waals surface area contributed by atoms with Crippen molar-refractivity contribution in [2.24, 2.45) is 17.3 Å². The van der Waals surface area contributed by atoms with Gasteiger partial charge < -0.3 is 4.74 Å². The van der Waals surface area contributed by atoms with Crippen LogP contribution >= 0.6 is 0 Å². The third-order valence-corrected chi connectivity index (χ3v) is 6.34. The first-order chi connectivity index (χ1) is 10.3. The predicted octanol–water partition coefficient (Wildman–Crippen LogP) is 4.59. The summed E-state index contributed by atoms with van der Waals surface area (Å²) in [6.45, 7) is 0. The predicted molar refractivity (Wildman–Crippen MR) is 82.0 cm³/mol. The number of hydrogen-bond donors (Lipinski definition) is 0. The second-order valence-electron chi connectivity index (χ2n) is 7.35. The van der Waals surface area contributed by atoms with E-state index in [1.54, 1.807) is 0 Å². The van der Waals surface area contributed by atoms with Crippen LogP contribution in [-0.2, 0) is 4.74 Å². The molecule has 21 heavy (non-hydrogen) atoms. The fraction of sp³-hybridized carbons (Fsp3) is 0.632. The third kappa shape index (κ3) is 2.29. The van der Waals surface area contributed by atoms with Crippen LogP contribution in [0.4, 0.5) is 0 Å². The summed E-state index contributed by atoms with van der Waals surface area (Å²) in [5.74, 6) is 1.40. The topological polar surface area (TPSA) is 26.3 Å². The summed E-state index contributed by atoms with van der Waals surface area (Å²) in [4.78, 5) is 12.3. The minimum absolute atomic E-state index is 0.128. The van der Waals surface area contributed by atoms with Gasteiger partial charge in [0.05, 0.1) is 5.56 Å². The number of esters is 1. The highest BCUT2D eigenvalue weighted by Crippen LogP contribution is 2.60. The van der Waals surface area contributed by atoms with Gasteiger partial charge in [0.25, 0.3) is 0 Å². The zero-order chi connectivity index (χ0) is 14.3. The van der Waals surface area contributed by atoms with E-state index in [9.17, 15) is 4.79 Å². The summed E-state index contributed by atoms with van der Waals surface area (Å²) in [6, 6.07) is 9.44. The first-order valence-corrected chi connectivity index (χ1v) is 8.53. The standard InChI is InChI=1S/C19H24O2/c20-18(14-6-2-1-3-7-14)21-17-13-19-10-5-4-8-16(19)12-15(17)9-11-19/h1-3,6-7,15-17H,4-5,8-13H2/t15-,16-,17-,19-/m0/s1. The van der Waals surface area contributed by atoms with Gasteiger partial charge in [0, 0.05) is 0 Å². The molecule has 1 aromatic rings. The normalized spacial score (nSPS) is 37.8. The Labute approximate surface area is 126 Å². The van der Waals surface area contributed by atoms with Gasteiger partial charge in [-0.05, 0) is 67.9 Å². The molecular weight excluding hydrogens is 260 g/mol. The van der Waals surface area contributed by atoms with E-state index in [2.05, 4.69) is 0 Å². The Morgan fingerprint density at radius 1 is 1.10 bits per heavy atom. The van der Waals surface area contributed by atoms with Crippen molar-refractivity contribution in [1.29, 1.82) is 0 Å². The van der Waals surface area contributed by atoms with Gasteiger partial charge in [-0.1, -0.05) is 31.0 Å². The maximum Gasteiger partial charge on any atom is 0.338 e. The minimum atomic E-state index is -0.128. The lowest BCUT2D eigenvalue weighted by Gasteiger charge is -2.57. The number of hydrogen-bond acceptors (Lipinski definition) is 2. The highest BCUT2D eigenvalue weighted by atomic mass is 16.5. The van der Waals surface area contributed by atoms with Crippen LogP contribution in [0.25, 0.3) is 0 Å². The summed E-state index contributed by atoms with van der Waals surface area (Å²) in [5.41, 5.74) is 1.20. The number of carbonyl (C=O) groups is 1. The molecule has 2 nitrogen and oxygen atoms in total. The molecule has 2 bridgehead atoms. The molecule has 4 atom stereocenters. The van der Waals surface area contributed by atoms with E-state index >= 15 is 0 Å². The average molecular weight is 284 g/mol. The van der Waals surface area contributed by atoms with Crippen molar-refractivity contribution in [2.45, 2.75) is 57.5 Å². The van der Waals surface area contributed by atoms with Crippen LogP contribution in [0.15, 0.2) is 30.3 Å². The molecule has 0 amide bonds. The van der Waals surface area contributed by atoms with Crippen LogP contribution in [0.2, 0.25) is 0 Å². The smallest absolute Gasteiger partial charge is 0.338 e. The molecule has 1 aromatic carbocycles. The average Bonchev–Trinajstić information content (AvgIpc) is 2.55. The summed E-state index contributed by atoms with van der Waals surface area (Å²) in [7, 11) is 0. The third-order valence-electron chi connectivity index (χ3n) is 6.34. The van der Waals surface area contributed by atoms with E-state index in [1.807, 2.05) is 30.3 Å². The fourth-order valence-electron chi connectivity index (χ4n) is 5.22. The van der Waals surface area contributed by atoms with E-state index < -0.39 is 0 Å². The van der Waals surface area contributed by atoms with Gasteiger partial charge >= 0.3 is 5.97 Å². The van der Waals surface area contributed by atoms with Crippen molar-refractivity contribution in [3.8, 4) is 0 Å². The maximum absolute atomic E-state index is 12.3. The number of benzene rings is 1. The highest BCUT2D eigenvalue weighted by Gasteiger charge is 2.53. The van der Waals surface area contributed by atoms with Gasteiger partial charge in [-0.15, -0.1) is 0 Å². The van der Waals surface area contributed by atoms with Crippen LogP contribution in [0.3, 0.4) is 0 Å². The minimum Gasteiger partial charge on any atom is -0.458 e. The first-order valence-electron chi connectivity index (χ1n) is 8.53. The summed E-state index contributed by atoms with van der Waals surface area (Å²) >= 11 is 0. The monoisotopic (exact) mass is 284 g/mol. The Morgan fingerprint density at radius 2 is 1.95 bits per heavy atom. The van der Waals surface area contributed by atoms with Crippen molar-refractivity contribution in [2.75, 3.05) is 0 Å². The zero-order valence-corrected chi connectivity index (χ0v) is 12.6. The number of fused-ring (bicyclic) bond motifs is 2. The van der Waals surface area contributed by atoms with E-state index in [0.29, 0.717) is 16.9 Å². The Morgan fingerprint density at radius 3 is 2.81 bits per heavy atom.